The zero-order valence-corrected chi connectivity index (χ0v) is 16.4. The lowest BCUT2D eigenvalue weighted by Crippen LogP contribution is -2.19. The Morgan fingerprint density at radius 3 is 2.07 bits per heavy atom. The molecule has 2 aromatic rings. The van der Waals surface area contributed by atoms with Crippen LogP contribution in [0.5, 0.6) is 5.75 Å². The highest BCUT2D eigenvalue weighted by molar-refractivity contribution is 5.65. The summed E-state index contributed by atoms with van der Waals surface area (Å²) in [7, 11) is 0. The van der Waals surface area contributed by atoms with Gasteiger partial charge in [0.15, 0.2) is 11.6 Å². The van der Waals surface area contributed by atoms with Gasteiger partial charge in [-0.25, -0.2) is 8.78 Å². The summed E-state index contributed by atoms with van der Waals surface area (Å²) in [6.07, 6.45) is 6.25. The molecule has 6 heteroatoms. The number of benzene rings is 2. The van der Waals surface area contributed by atoms with Gasteiger partial charge in [0.1, 0.15) is 0 Å². The second-order valence-corrected chi connectivity index (χ2v) is 7.56. The number of halogens is 5. The highest BCUT2D eigenvalue weighted by atomic mass is 19.4. The van der Waals surface area contributed by atoms with E-state index in [-0.39, 0.29) is 5.56 Å². The maximum Gasteiger partial charge on any atom is 0.573 e. The van der Waals surface area contributed by atoms with Gasteiger partial charge in [0, 0.05) is 0 Å². The molecular weight excluding hydrogens is 399 g/mol. The van der Waals surface area contributed by atoms with Gasteiger partial charge in [0.2, 0.25) is 5.75 Å². The first kappa shape index (κ1) is 22.1. The van der Waals surface area contributed by atoms with Gasteiger partial charge in [-0.2, -0.15) is 0 Å². The van der Waals surface area contributed by atoms with Crippen LogP contribution in [0, 0.1) is 17.6 Å². The zero-order chi connectivity index (χ0) is 21.7. The van der Waals surface area contributed by atoms with Gasteiger partial charge in [-0.1, -0.05) is 49.1 Å². The topological polar surface area (TPSA) is 9.23 Å². The van der Waals surface area contributed by atoms with Crippen LogP contribution in [0.15, 0.2) is 61.2 Å². The van der Waals surface area contributed by atoms with Crippen molar-refractivity contribution in [3.63, 3.8) is 0 Å². The minimum absolute atomic E-state index is 0.156. The van der Waals surface area contributed by atoms with E-state index >= 15 is 0 Å². The Hall–Kier alpha value is -2.63. The number of alkyl halides is 3. The van der Waals surface area contributed by atoms with Gasteiger partial charge >= 0.3 is 6.36 Å². The van der Waals surface area contributed by atoms with Crippen LogP contribution >= 0.6 is 0 Å². The number of hydrogen-bond acceptors (Lipinski definition) is 1. The van der Waals surface area contributed by atoms with Crippen molar-refractivity contribution in [2.75, 3.05) is 0 Å². The molecule has 0 aromatic heterocycles. The quantitative estimate of drug-likeness (QED) is 0.339. The summed E-state index contributed by atoms with van der Waals surface area (Å²) in [5, 5.41) is 0. The fourth-order valence-electron chi connectivity index (χ4n) is 3.99. The first-order valence-corrected chi connectivity index (χ1v) is 9.89. The van der Waals surface area contributed by atoms with Crippen LogP contribution in [0.2, 0.25) is 0 Å². The molecule has 3 rings (SSSR count). The minimum Gasteiger partial charge on any atom is -0.399 e. The molecule has 2 aromatic carbocycles. The van der Waals surface area contributed by atoms with Crippen molar-refractivity contribution < 1.29 is 26.7 Å². The summed E-state index contributed by atoms with van der Waals surface area (Å²) in [5.74, 6) is -3.11. The average Bonchev–Trinajstić information content (AvgIpc) is 2.71. The average molecular weight is 422 g/mol. The number of allylic oxidation sites excluding steroid dienone is 3. The maximum atomic E-state index is 14.0. The molecule has 30 heavy (non-hydrogen) atoms. The van der Waals surface area contributed by atoms with E-state index in [1.807, 2.05) is 18.2 Å². The molecule has 1 aliphatic rings. The fraction of sp³-hybridized carbons (Fsp3) is 0.333. The normalized spacial score (nSPS) is 19.8. The van der Waals surface area contributed by atoms with E-state index in [4.69, 9.17) is 0 Å². The standard InChI is InChI=1S/C24H23F5O/c1-2-3-4-5-16-6-8-17(9-7-16)18-10-12-19(13-11-18)20-14-21(25)23(22(26)15-20)30-24(27,28)29/h2-4,10-17H,1,5-9H2/b4-3-. The molecule has 0 aliphatic heterocycles. The van der Waals surface area contributed by atoms with Crippen LogP contribution in [-0.2, 0) is 0 Å². The van der Waals surface area contributed by atoms with Crippen molar-refractivity contribution in [1.29, 1.82) is 0 Å². The Balaban J connectivity index is 1.68. The molecule has 160 valence electrons. The fourth-order valence-corrected chi connectivity index (χ4v) is 3.99. The lowest BCUT2D eigenvalue weighted by molar-refractivity contribution is -0.276. The molecule has 0 atom stereocenters. The van der Waals surface area contributed by atoms with E-state index in [9.17, 15) is 22.0 Å². The van der Waals surface area contributed by atoms with Crippen molar-refractivity contribution in [1.82, 2.24) is 0 Å². The van der Waals surface area contributed by atoms with E-state index in [0.717, 1.165) is 49.8 Å². The lowest BCUT2D eigenvalue weighted by atomic mass is 9.77. The van der Waals surface area contributed by atoms with E-state index < -0.39 is 23.7 Å². The minimum atomic E-state index is -5.16. The van der Waals surface area contributed by atoms with Gasteiger partial charge in [-0.15, -0.1) is 13.2 Å². The summed E-state index contributed by atoms with van der Waals surface area (Å²) in [5.41, 5.74) is 1.85. The second kappa shape index (κ2) is 9.45. The molecular formula is C24H23F5O. The molecule has 1 aliphatic carbocycles. The molecule has 0 spiro atoms. The van der Waals surface area contributed by atoms with E-state index in [1.165, 1.54) is 0 Å². The summed E-state index contributed by atoms with van der Waals surface area (Å²) in [6.45, 7) is 3.67. The van der Waals surface area contributed by atoms with Gasteiger partial charge in [0.25, 0.3) is 0 Å². The smallest absolute Gasteiger partial charge is 0.399 e. The Labute approximate surface area is 172 Å². The summed E-state index contributed by atoms with van der Waals surface area (Å²) in [4.78, 5) is 0. The van der Waals surface area contributed by atoms with Gasteiger partial charge in [-0.05, 0) is 72.8 Å². The van der Waals surface area contributed by atoms with Gasteiger partial charge in [-0.3, -0.25) is 0 Å². The van der Waals surface area contributed by atoms with Gasteiger partial charge < -0.3 is 4.74 Å². The van der Waals surface area contributed by atoms with Crippen molar-refractivity contribution in [2.24, 2.45) is 5.92 Å². The summed E-state index contributed by atoms with van der Waals surface area (Å²) < 4.78 is 68.2. The van der Waals surface area contributed by atoms with Crippen molar-refractivity contribution in [2.45, 2.75) is 44.4 Å². The first-order valence-electron chi connectivity index (χ1n) is 9.89. The zero-order valence-electron chi connectivity index (χ0n) is 16.4. The SMILES string of the molecule is C=C/C=C\CC1CCC(c2ccc(-c3cc(F)c(OC(F)(F)F)c(F)c3)cc2)CC1. The maximum absolute atomic E-state index is 14.0. The molecule has 0 saturated heterocycles. The molecule has 0 N–H and O–H groups in total. The molecule has 0 heterocycles. The molecule has 1 fully saturated rings. The van der Waals surface area contributed by atoms with Crippen LogP contribution in [-0.4, -0.2) is 6.36 Å². The van der Waals surface area contributed by atoms with E-state index in [2.05, 4.69) is 17.4 Å². The Kier molecular flexibility index (Phi) is 6.95. The molecule has 0 radical (unpaired) electrons. The predicted molar refractivity (Wildman–Crippen MR) is 107 cm³/mol. The van der Waals surface area contributed by atoms with Crippen LogP contribution in [0.4, 0.5) is 22.0 Å². The molecule has 0 amide bonds. The third-order valence-corrected chi connectivity index (χ3v) is 5.52. The molecule has 1 saturated carbocycles. The van der Waals surface area contributed by atoms with E-state index in [1.54, 1.807) is 18.2 Å². The highest BCUT2D eigenvalue weighted by Crippen LogP contribution is 2.38. The molecule has 1 nitrogen and oxygen atoms in total. The third kappa shape index (κ3) is 5.71. The third-order valence-electron chi connectivity index (χ3n) is 5.52. The number of ether oxygens (including phenoxy) is 1. The Bertz CT molecular complexity index is 868. The lowest BCUT2D eigenvalue weighted by Gasteiger charge is -2.28. The van der Waals surface area contributed by atoms with Crippen molar-refractivity contribution >= 4 is 0 Å². The Morgan fingerprint density at radius 2 is 1.53 bits per heavy atom. The first-order chi connectivity index (χ1) is 14.3. The molecule has 0 bridgehead atoms. The van der Waals surface area contributed by atoms with Crippen LogP contribution < -0.4 is 4.74 Å². The second-order valence-electron chi connectivity index (χ2n) is 7.56. The van der Waals surface area contributed by atoms with E-state index in [0.29, 0.717) is 17.4 Å². The highest BCUT2D eigenvalue weighted by Gasteiger charge is 2.34. The van der Waals surface area contributed by atoms with Crippen LogP contribution in [0.3, 0.4) is 0 Å². The van der Waals surface area contributed by atoms with Crippen LogP contribution in [0.1, 0.15) is 43.6 Å². The molecule has 0 unspecified atom stereocenters. The Morgan fingerprint density at radius 1 is 0.933 bits per heavy atom. The largest absolute Gasteiger partial charge is 0.573 e. The summed E-state index contributed by atoms with van der Waals surface area (Å²) >= 11 is 0. The van der Waals surface area contributed by atoms with Crippen LogP contribution in [0.25, 0.3) is 11.1 Å². The van der Waals surface area contributed by atoms with Crippen molar-refractivity contribution in [3.8, 4) is 16.9 Å². The monoisotopic (exact) mass is 422 g/mol. The van der Waals surface area contributed by atoms with Crippen molar-refractivity contribution in [3.05, 3.63) is 78.4 Å². The summed E-state index contributed by atoms with van der Waals surface area (Å²) in [6, 6.07) is 9.03. The predicted octanol–water partition coefficient (Wildman–Crippen LogP) is 7.94. The van der Waals surface area contributed by atoms with Gasteiger partial charge in [0.05, 0.1) is 0 Å². The number of hydrogen-bond donors (Lipinski definition) is 0. The number of rotatable bonds is 6.